The highest BCUT2D eigenvalue weighted by molar-refractivity contribution is 7.92. The molecule has 3 nitrogen and oxygen atoms in total. The lowest BCUT2D eigenvalue weighted by Gasteiger charge is -2.26. The Morgan fingerprint density at radius 2 is 1.73 bits per heavy atom. The Balaban J connectivity index is 0.00000112. The first kappa shape index (κ1) is 12.4. The second-order valence-electron chi connectivity index (χ2n) is 3.28. The topological polar surface area (TPSA) is 46.2 Å². The third-order valence-electron chi connectivity index (χ3n) is 2.33. The number of hydrogen-bond donors (Lipinski definition) is 1. The van der Waals surface area contributed by atoms with E-state index in [4.69, 9.17) is 0 Å². The molecule has 0 amide bonds. The molecule has 0 radical (unpaired) electrons. The summed E-state index contributed by atoms with van der Waals surface area (Å²) in [6.07, 6.45) is 0. The maximum absolute atomic E-state index is 12.6. The van der Waals surface area contributed by atoms with Crippen LogP contribution in [-0.4, -0.2) is 26.8 Å². The SMILES string of the molecule is Cl.O=S(=O)(c1ccc(F)cc1)C1CNC1. The highest BCUT2D eigenvalue weighted by Crippen LogP contribution is 2.18. The van der Waals surface area contributed by atoms with Crippen molar-refractivity contribution in [3.05, 3.63) is 30.1 Å². The zero-order valence-electron chi connectivity index (χ0n) is 7.81. The first-order valence-corrected chi connectivity index (χ1v) is 5.85. The van der Waals surface area contributed by atoms with Gasteiger partial charge in [-0.15, -0.1) is 12.4 Å². The Labute approximate surface area is 94.0 Å². The van der Waals surface area contributed by atoms with Crippen LogP contribution in [-0.2, 0) is 9.84 Å². The third kappa shape index (κ3) is 2.30. The molecule has 1 saturated heterocycles. The molecule has 0 bridgehead atoms. The minimum atomic E-state index is -3.25. The molecule has 84 valence electrons. The molecule has 2 rings (SSSR count). The van der Waals surface area contributed by atoms with Crippen LogP contribution in [0.2, 0.25) is 0 Å². The van der Waals surface area contributed by atoms with E-state index in [1.54, 1.807) is 0 Å². The van der Waals surface area contributed by atoms with E-state index in [0.29, 0.717) is 13.1 Å². The van der Waals surface area contributed by atoms with Gasteiger partial charge in [0.15, 0.2) is 9.84 Å². The Morgan fingerprint density at radius 3 is 2.13 bits per heavy atom. The highest BCUT2D eigenvalue weighted by atomic mass is 35.5. The molecule has 1 N–H and O–H groups in total. The summed E-state index contributed by atoms with van der Waals surface area (Å²) < 4.78 is 36.1. The van der Waals surface area contributed by atoms with E-state index in [1.165, 1.54) is 24.3 Å². The van der Waals surface area contributed by atoms with Crippen molar-refractivity contribution in [2.75, 3.05) is 13.1 Å². The van der Waals surface area contributed by atoms with Crippen molar-refractivity contribution in [2.45, 2.75) is 10.1 Å². The van der Waals surface area contributed by atoms with Crippen molar-refractivity contribution in [2.24, 2.45) is 0 Å². The Bertz CT molecular complexity index is 428. The van der Waals surface area contributed by atoms with E-state index in [9.17, 15) is 12.8 Å². The van der Waals surface area contributed by atoms with Gasteiger partial charge in [0.25, 0.3) is 0 Å². The normalized spacial score (nSPS) is 16.6. The molecule has 1 aromatic carbocycles. The Kier molecular flexibility index (Phi) is 3.70. The molecule has 0 saturated carbocycles. The van der Waals surface area contributed by atoms with E-state index in [1.807, 2.05) is 0 Å². The molecular formula is C9H11ClFNO2S. The number of benzene rings is 1. The summed E-state index contributed by atoms with van der Waals surface area (Å²) >= 11 is 0. The van der Waals surface area contributed by atoms with Gasteiger partial charge in [-0.2, -0.15) is 0 Å². The molecule has 1 aliphatic rings. The molecular weight excluding hydrogens is 241 g/mol. The van der Waals surface area contributed by atoms with E-state index >= 15 is 0 Å². The Hall–Kier alpha value is -0.650. The van der Waals surface area contributed by atoms with Gasteiger partial charge in [0, 0.05) is 13.1 Å². The molecule has 0 spiro atoms. The van der Waals surface area contributed by atoms with Crippen molar-refractivity contribution < 1.29 is 12.8 Å². The minimum absolute atomic E-state index is 0. The summed E-state index contributed by atoms with van der Waals surface area (Å²) in [7, 11) is -3.25. The first-order chi connectivity index (χ1) is 6.60. The van der Waals surface area contributed by atoms with Crippen molar-refractivity contribution in [3.63, 3.8) is 0 Å². The number of hydrogen-bond acceptors (Lipinski definition) is 3. The molecule has 15 heavy (non-hydrogen) atoms. The van der Waals surface area contributed by atoms with Crippen molar-refractivity contribution in [1.82, 2.24) is 5.32 Å². The summed E-state index contributed by atoms with van der Waals surface area (Å²) in [5, 5.41) is 2.54. The van der Waals surface area contributed by atoms with Crippen molar-refractivity contribution in [1.29, 1.82) is 0 Å². The van der Waals surface area contributed by atoms with Crippen molar-refractivity contribution in [3.8, 4) is 0 Å². The molecule has 1 aliphatic heterocycles. The monoisotopic (exact) mass is 251 g/mol. The minimum Gasteiger partial charge on any atom is -0.314 e. The quantitative estimate of drug-likeness (QED) is 0.798. The van der Waals surface area contributed by atoms with E-state index < -0.39 is 15.7 Å². The molecule has 0 unspecified atom stereocenters. The molecule has 1 fully saturated rings. The summed E-state index contributed by atoms with van der Waals surface area (Å²) in [6, 6.07) is 4.95. The number of halogens is 2. The highest BCUT2D eigenvalue weighted by Gasteiger charge is 2.32. The van der Waals surface area contributed by atoms with Gasteiger partial charge in [-0.3, -0.25) is 0 Å². The lowest BCUT2D eigenvalue weighted by molar-refractivity contribution is 0.495. The van der Waals surface area contributed by atoms with Crippen LogP contribution in [0.5, 0.6) is 0 Å². The maximum atomic E-state index is 12.6. The summed E-state index contributed by atoms with van der Waals surface area (Å²) in [5.74, 6) is -0.421. The predicted octanol–water partition coefficient (Wildman–Crippen LogP) is 0.993. The molecule has 1 heterocycles. The van der Waals surface area contributed by atoms with Crippen LogP contribution >= 0.6 is 12.4 Å². The first-order valence-electron chi connectivity index (χ1n) is 4.31. The van der Waals surface area contributed by atoms with Crippen LogP contribution in [0, 0.1) is 5.82 Å². The van der Waals surface area contributed by atoms with E-state index in [-0.39, 0.29) is 22.6 Å². The van der Waals surface area contributed by atoms with Crippen LogP contribution in [0.3, 0.4) is 0 Å². The maximum Gasteiger partial charge on any atom is 0.183 e. The van der Waals surface area contributed by atoms with Gasteiger partial charge < -0.3 is 5.32 Å². The summed E-state index contributed by atoms with van der Waals surface area (Å²) in [6.45, 7) is 0.972. The number of rotatable bonds is 2. The standard InChI is InChI=1S/C9H10FNO2S.ClH/c10-7-1-3-8(4-2-7)14(12,13)9-5-11-6-9;/h1-4,9,11H,5-6H2;1H. The average molecular weight is 252 g/mol. The van der Waals surface area contributed by atoms with Gasteiger partial charge in [-0.1, -0.05) is 0 Å². The summed E-state index contributed by atoms with van der Waals surface area (Å²) in [4.78, 5) is 0.199. The number of sulfone groups is 1. The summed E-state index contributed by atoms with van der Waals surface area (Å²) in [5.41, 5.74) is 0. The van der Waals surface area contributed by atoms with Gasteiger partial charge in [0.05, 0.1) is 10.1 Å². The van der Waals surface area contributed by atoms with Crippen LogP contribution in [0.1, 0.15) is 0 Å². The lowest BCUT2D eigenvalue weighted by Crippen LogP contribution is -2.51. The average Bonchev–Trinajstić information content (AvgIpc) is 2.00. The van der Waals surface area contributed by atoms with Gasteiger partial charge in [0.1, 0.15) is 5.82 Å². The second-order valence-corrected chi connectivity index (χ2v) is 5.51. The van der Waals surface area contributed by atoms with Crippen LogP contribution < -0.4 is 5.32 Å². The van der Waals surface area contributed by atoms with Crippen LogP contribution in [0.4, 0.5) is 4.39 Å². The van der Waals surface area contributed by atoms with Gasteiger partial charge in [-0.05, 0) is 24.3 Å². The molecule has 0 aromatic heterocycles. The van der Waals surface area contributed by atoms with Gasteiger partial charge >= 0.3 is 0 Å². The fraction of sp³-hybridized carbons (Fsp3) is 0.333. The lowest BCUT2D eigenvalue weighted by atomic mass is 10.3. The van der Waals surface area contributed by atoms with Gasteiger partial charge in [0.2, 0.25) is 0 Å². The van der Waals surface area contributed by atoms with Crippen LogP contribution in [0.15, 0.2) is 29.2 Å². The van der Waals surface area contributed by atoms with Crippen LogP contribution in [0.25, 0.3) is 0 Å². The van der Waals surface area contributed by atoms with E-state index in [0.717, 1.165) is 0 Å². The van der Waals surface area contributed by atoms with E-state index in [2.05, 4.69) is 5.32 Å². The fourth-order valence-electron chi connectivity index (χ4n) is 1.30. The molecule has 0 atom stereocenters. The largest absolute Gasteiger partial charge is 0.314 e. The molecule has 6 heteroatoms. The van der Waals surface area contributed by atoms with Crippen molar-refractivity contribution >= 4 is 22.2 Å². The zero-order chi connectivity index (χ0) is 10.2. The fourth-order valence-corrected chi connectivity index (χ4v) is 2.87. The van der Waals surface area contributed by atoms with Gasteiger partial charge in [-0.25, -0.2) is 12.8 Å². The molecule has 0 aliphatic carbocycles. The second kappa shape index (κ2) is 4.47. The third-order valence-corrected chi connectivity index (χ3v) is 4.47. The Morgan fingerprint density at radius 1 is 1.20 bits per heavy atom. The molecule has 1 aromatic rings. The number of nitrogens with one attached hydrogen (secondary N) is 1. The zero-order valence-corrected chi connectivity index (χ0v) is 9.44. The smallest absolute Gasteiger partial charge is 0.183 e. The predicted molar refractivity (Wildman–Crippen MR) is 57.5 cm³/mol.